The summed E-state index contributed by atoms with van der Waals surface area (Å²) >= 11 is 0. The minimum atomic E-state index is 0.179. The van der Waals surface area contributed by atoms with Crippen LogP contribution in [0.1, 0.15) is 30.4 Å². The summed E-state index contributed by atoms with van der Waals surface area (Å²) in [6.45, 7) is 2.57. The first kappa shape index (κ1) is 15.8. The third-order valence-corrected chi connectivity index (χ3v) is 4.43. The molecule has 1 aliphatic rings. The van der Waals surface area contributed by atoms with Crippen molar-refractivity contribution in [3.63, 3.8) is 0 Å². The molecule has 1 unspecified atom stereocenters. The smallest absolute Gasteiger partial charge is 0.221 e. The zero-order chi connectivity index (χ0) is 15.9. The molecule has 1 saturated heterocycles. The second kappa shape index (κ2) is 7.93. The third kappa shape index (κ3) is 4.67. The van der Waals surface area contributed by atoms with Gasteiger partial charge in [0.1, 0.15) is 0 Å². The molecule has 2 aromatic rings. The molecule has 0 radical (unpaired) electrons. The van der Waals surface area contributed by atoms with E-state index in [4.69, 9.17) is 0 Å². The number of carbonyl (C=O) groups excluding carboxylic acids is 1. The van der Waals surface area contributed by atoms with Gasteiger partial charge in [0.15, 0.2) is 0 Å². The summed E-state index contributed by atoms with van der Waals surface area (Å²) in [5.74, 6) is 0.179. The van der Waals surface area contributed by atoms with Crippen LogP contribution < -0.4 is 5.32 Å². The lowest BCUT2D eigenvalue weighted by Gasteiger charge is -2.30. The Morgan fingerprint density at radius 3 is 2.04 bits per heavy atom. The van der Waals surface area contributed by atoms with Gasteiger partial charge in [-0.3, -0.25) is 9.69 Å². The van der Waals surface area contributed by atoms with Crippen molar-refractivity contribution in [3.05, 3.63) is 71.8 Å². The van der Waals surface area contributed by atoms with Gasteiger partial charge in [0, 0.05) is 32.1 Å². The average molecular weight is 308 g/mol. The first-order valence-electron chi connectivity index (χ1n) is 8.40. The van der Waals surface area contributed by atoms with Crippen molar-refractivity contribution in [3.8, 4) is 0 Å². The normalized spacial score (nSPS) is 18.5. The maximum Gasteiger partial charge on any atom is 0.221 e. The molecule has 120 valence electrons. The lowest BCUT2D eigenvalue weighted by molar-refractivity contribution is -0.121. The van der Waals surface area contributed by atoms with Crippen LogP contribution in [0.25, 0.3) is 0 Å². The van der Waals surface area contributed by atoms with Crippen molar-refractivity contribution in [2.24, 2.45) is 0 Å². The van der Waals surface area contributed by atoms with Crippen molar-refractivity contribution in [1.29, 1.82) is 0 Å². The maximum atomic E-state index is 12.0. The molecule has 3 rings (SSSR count). The lowest BCUT2D eigenvalue weighted by Crippen LogP contribution is -2.36. The summed E-state index contributed by atoms with van der Waals surface area (Å²) in [4.78, 5) is 14.4. The van der Waals surface area contributed by atoms with Gasteiger partial charge >= 0.3 is 0 Å². The molecule has 3 nitrogen and oxygen atoms in total. The Hall–Kier alpha value is -2.13. The molecule has 1 atom stereocenters. The number of nitrogens with zero attached hydrogens (tertiary/aromatic N) is 1. The first-order chi connectivity index (χ1) is 11.3. The fraction of sp³-hybridized carbons (Fsp3) is 0.350. The minimum Gasteiger partial charge on any atom is -0.356 e. The van der Waals surface area contributed by atoms with Crippen LogP contribution in [0.2, 0.25) is 0 Å². The Kier molecular flexibility index (Phi) is 5.43. The number of nitrogens with one attached hydrogen (secondary N) is 1. The first-order valence-corrected chi connectivity index (χ1v) is 8.40. The van der Waals surface area contributed by atoms with Crippen molar-refractivity contribution in [1.82, 2.24) is 10.2 Å². The van der Waals surface area contributed by atoms with E-state index < -0.39 is 0 Å². The van der Waals surface area contributed by atoms with Crippen molar-refractivity contribution < 1.29 is 4.79 Å². The van der Waals surface area contributed by atoms with Gasteiger partial charge in [-0.1, -0.05) is 60.7 Å². The Balaban J connectivity index is 1.78. The highest BCUT2D eigenvalue weighted by Gasteiger charge is 2.24. The van der Waals surface area contributed by atoms with E-state index >= 15 is 0 Å². The van der Waals surface area contributed by atoms with E-state index in [0.29, 0.717) is 12.5 Å². The zero-order valence-corrected chi connectivity index (χ0v) is 13.4. The molecule has 1 fully saturated rings. The molecule has 1 amide bonds. The summed E-state index contributed by atoms with van der Waals surface area (Å²) in [5, 5.41) is 2.99. The van der Waals surface area contributed by atoms with Crippen molar-refractivity contribution in [2.75, 3.05) is 6.54 Å². The van der Waals surface area contributed by atoms with Crippen molar-refractivity contribution in [2.45, 2.75) is 38.4 Å². The van der Waals surface area contributed by atoms with E-state index in [9.17, 15) is 4.79 Å². The Morgan fingerprint density at radius 2 is 1.48 bits per heavy atom. The molecule has 0 saturated carbocycles. The number of carbonyl (C=O) groups is 1. The molecule has 1 aliphatic heterocycles. The van der Waals surface area contributed by atoms with E-state index in [1.807, 2.05) is 12.1 Å². The van der Waals surface area contributed by atoms with E-state index in [2.05, 4.69) is 58.7 Å². The van der Waals surface area contributed by atoms with Gasteiger partial charge in [0.25, 0.3) is 0 Å². The number of amides is 1. The zero-order valence-electron chi connectivity index (χ0n) is 13.4. The van der Waals surface area contributed by atoms with Gasteiger partial charge in [-0.05, 0) is 24.0 Å². The van der Waals surface area contributed by atoms with Crippen LogP contribution in [0.15, 0.2) is 60.7 Å². The number of rotatable bonds is 5. The second-order valence-corrected chi connectivity index (χ2v) is 6.23. The van der Waals surface area contributed by atoms with E-state index in [1.54, 1.807) is 0 Å². The monoisotopic (exact) mass is 308 g/mol. The van der Waals surface area contributed by atoms with Crippen LogP contribution in [0.5, 0.6) is 0 Å². The molecule has 23 heavy (non-hydrogen) atoms. The predicted molar refractivity (Wildman–Crippen MR) is 92.8 cm³/mol. The third-order valence-electron chi connectivity index (χ3n) is 4.43. The summed E-state index contributed by atoms with van der Waals surface area (Å²) in [7, 11) is 0. The average Bonchev–Trinajstić information content (AvgIpc) is 2.81. The van der Waals surface area contributed by atoms with Crippen molar-refractivity contribution >= 4 is 5.91 Å². The van der Waals surface area contributed by atoms with Gasteiger partial charge in [-0.25, -0.2) is 0 Å². The standard InChI is InChI=1S/C20H24N2O/c23-20-14-19(12-7-13-21-20)22(15-17-8-3-1-4-9-17)16-18-10-5-2-6-11-18/h1-6,8-11,19H,7,12-16H2,(H,21,23). The molecule has 0 bridgehead atoms. The lowest BCUT2D eigenvalue weighted by atomic mass is 10.0. The van der Waals surface area contributed by atoms with Crippen LogP contribution >= 0.6 is 0 Å². The quantitative estimate of drug-likeness (QED) is 0.918. The number of hydrogen-bond donors (Lipinski definition) is 1. The summed E-state index contributed by atoms with van der Waals surface area (Å²) in [6, 6.07) is 21.4. The van der Waals surface area contributed by atoms with E-state index in [0.717, 1.165) is 32.5 Å². The Labute approximate surface area is 138 Å². The largest absolute Gasteiger partial charge is 0.356 e. The predicted octanol–water partition coefficient (Wildman–Crippen LogP) is 3.36. The van der Waals surface area contributed by atoms with Gasteiger partial charge in [-0.2, -0.15) is 0 Å². The fourth-order valence-corrected chi connectivity index (χ4v) is 3.22. The highest BCUT2D eigenvalue weighted by atomic mass is 16.1. The van der Waals surface area contributed by atoms with Gasteiger partial charge in [0.05, 0.1) is 0 Å². The van der Waals surface area contributed by atoms with Gasteiger partial charge in [-0.15, -0.1) is 0 Å². The Morgan fingerprint density at radius 1 is 0.913 bits per heavy atom. The molecular formula is C20H24N2O. The fourth-order valence-electron chi connectivity index (χ4n) is 3.22. The van der Waals surface area contributed by atoms with Crippen LogP contribution in [-0.2, 0) is 17.9 Å². The van der Waals surface area contributed by atoms with E-state index in [-0.39, 0.29) is 5.91 Å². The molecule has 3 heteroatoms. The number of benzene rings is 2. The molecule has 0 aromatic heterocycles. The highest BCUT2D eigenvalue weighted by Crippen LogP contribution is 2.20. The summed E-state index contributed by atoms with van der Waals surface area (Å²) in [6.07, 6.45) is 2.72. The SMILES string of the molecule is O=C1CC(N(Cc2ccccc2)Cc2ccccc2)CCCN1. The van der Waals surface area contributed by atoms with E-state index in [1.165, 1.54) is 11.1 Å². The van der Waals surface area contributed by atoms with Crippen LogP contribution in [-0.4, -0.2) is 23.4 Å². The molecule has 0 aliphatic carbocycles. The van der Waals surface area contributed by atoms with Crippen LogP contribution in [0, 0.1) is 0 Å². The number of hydrogen-bond acceptors (Lipinski definition) is 2. The van der Waals surface area contributed by atoms with Gasteiger partial charge in [0.2, 0.25) is 5.91 Å². The molecule has 2 aromatic carbocycles. The topological polar surface area (TPSA) is 32.3 Å². The summed E-state index contributed by atoms with van der Waals surface area (Å²) in [5.41, 5.74) is 2.60. The Bertz CT molecular complexity index is 571. The minimum absolute atomic E-state index is 0.179. The summed E-state index contributed by atoms with van der Waals surface area (Å²) < 4.78 is 0. The molecular weight excluding hydrogens is 284 g/mol. The molecule has 1 N–H and O–H groups in total. The molecule has 1 heterocycles. The van der Waals surface area contributed by atoms with Crippen LogP contribution in [0.3, 0.4) is 0 Å². The van der Waals surface area contributed by atoms with Crippen LogP contribution in [0.4, 0.5) is 0 Å². The second-order valence-electron chi connectivity index (χ2n) is 6.23. The van der Waals surface area contributed by atoms with Gasteiger partial charge < -0.3 is 5.32 Å². The highest BCUT2D eigenvalue weighted by molar-refractivity contribution is 5.76. The molecule has 0 spiro atoms. The maximum absolute atomic E-state index is 12.0.